The molecule has 0 atom stereocenters. The number of methoxy groups -OCH3 is 1. The maximum absolute atomic E-state index is 5.40. The second-order valence-corrected chi connectivity index (χ2v) is 3.23. The third kappa shape index (κ3) is 2.72. The van der Waals surface area contributed by atoms with Crippen molar-refractivity contribution in [3.05, 3.63) is 29.3 Å². The molecular weight excluding hydrogens is 176 g/mol. The predicted octanol–water partition coefficient (Wildman–Crippen LogP) is 1.05. The Hall–Kier alpha value is -1.06. The van der Waals surface area contributed by atoms with Crippen molar-refractivity contribution >= 4 is 0 Å². The minimum Gasteiger partial charge on any atom is -0.496 e. The van der Waals surface area contributed by atoms with Crippen LogP contribution >= 0.6 is 0 Å². The van der Waals surface area contributed by atoms with Crippen molar-refractivity contribution in [1.82, 2.24) is 5.32 Å². The van der Waals surface area contributed by atoms with E-state index in [-0.39, 0.29) is 0 Å². The van der Waals surface area contributed by atoms with Crippen LogP contribution < -0.4 is 15.8 Å². The summed E-state index contributed by atoms with van der Waals surface area (Å²) in [5.41, 5.74) is 7.75. The zero-order chi connectivity index (χ0) is 10.4. The molecule has 0 fully saturated rings. The predicted molar refractivity (Wildman–Crippen MR) is 58.5 cm³/mol. The fourth-order valence-corrected chi connectivity index (χ4v) is 1.47. The van der Waals surface area contributed by atoms with Crippen LogP contribution in [-0.4, -0.2) is 20.2 Å². The van der Waals surface area contributed by atoms with Gasteiger partial charge in [-0.2, -0.15) is 0 Å². The summed E-state index contributed by atoms with van der Waals surface area (Å²) in [4.78, 5) is 0. The molecule has 0 amide bonds. The van der Waals surface area contributed by atoms with E-state index in [1.54, 1.807) is 7.11 Å². The topological polar surface area (TPSA) is 47.3 Å². The number of ether oxygens (including phenoxy) is 1. The smallest absolute Gasteiger partial charge is 0.126 e. The molecule has 3 N–H and O–H groups in total. The molecule has 78 valence electrons. The Kier molecular flexibility index (Phi) is 4.43. The van der Waals surface area contributed by atoms with E-state index in [0.29, 0.717) is 6.54 Å². The van der Waals surface area contributed by atoms with E-state index < -0.39 is 0 Å². The van der Waals surface area contributed by atoms with E-state index in [0.717, 1.165) is 18.8 Å². The Morgan fingerprint density at radius 3 is 2.86 bits per heavy atom. The van der Waals surface area contributed by atoms with E-state index in [1.165, 1.54) is 11.1 Å². The standard InChI is InChI=1S/C11H18N2O/c1-9-4-3-5-10(11(9)14-2)8-13-7-6-12/h3-5,13H,6-8,12H2,1-2H3. The number of rotatable bonds is 5. The summed E-state index contributed by atoms with van der Waals surface area (Å²) in [6.45, 7) is 4.35. The number of hydrogen-bond acceptors (Lipinski definition) is 3. The molecule has 14 heavy (non-hydrogen) atoms. The van der Waals surface area contributed by atoms with Gasteiger partial charge in [-0.25, -0.2) is 0 Å². The van der Waals surface area contributed by atoms with Crippen LogP contribution in [0.5, 0.6) is 5.75 Å². The molecule has 1 rings (SSSR count). The summed E-state index contributed by atoms with van der Waals surface area (Å²) in [7, 11) is 1.70. The first-order valence-corrected chi connectivity index (χ1v) is 4.83. The molecule has 0 heterocycles. The van der Waals surface area contributed by atoms with Crippen LogP contribution in [0, 0.1) is 6.92 Å². The first-order chi connectivity index (χ1) is 6.79. The van der Waals surface area contributed by atoms with Crippen LogP contribution in [-0.2, 0) is 6.54 Å². The van der Waals surface area contributed by atoms with Gasteiger partial charge in [0.25, 0.3) is 0 Å². The SMILES string of the molecule is COc1c(C)cccc1CNCCN. The number of aryl methyl sites for hydroxylation is 1. The van der Waals surface area contributed by atoms with E-state index in [2.05, 4.69) is 11.4 Å². The first kappa shape index (κ1) is 11.0. The van der Waals surface area contributed by atoms with Crippen molar-refractivity contribution in [3.63, 3.8) is 0 Å². The van der Waals surface area contributed by atoms with Gasteiger partial charge in [0.15, 0.2) is 0 Å². The van der Waals surface area contributed by atoms with Crippen molar-refractivity contribution in [2.45, 2.75) is 13.5 Å². The molecule has 0 bridgehead atoms. The summed E-state index contributed by atoms with van der Waals surface area (Å²) >= 11 is 0. The normalized spacial score (nSPS) is 10.2. The molecule has 0 unspecified atom stereocenters. The molecule has 0 saturated carbocycles. The number of hydrogen-bond donors (Lipinski definition) is 2. The van der Waals surface area contributed by atoms with Gasteiger partial charge in [0.1, 0.15) is 5.75 Å². The first-order valence-electron chi connectivity index (χ1n) is 4.83. The largest absolute Gasteiger partial charge is 0.496 e. The van der Waals surface area contributed by atoms with Gasteiger partial charge in [-0.15, -0.1) is 0 Å². The summed E-state index contributed by atoms with van der Waals surface area (Å²) in [6, 6.07) is 6.15. The molecular formula is C11H18N2O. The van der Waals surface area contributed by atoms with Gasteiger partial charge < -0.3 is 15.8 Å². The zero-order valence-electron chi connectivity index (χ0n) is 8.84. The van der Waals surface area contributed by atoms with Gasteiger partial charge >= 0.3 is 0 Å². The van der Waals surface area contributed by atoms with Crippen LogP contribution in [0.3, 0.4) is 0 Å². The van der Waals surface area contributed by atoms with Crippen LogP contribution in [0.2, 0.25) is 0 Å². The van der Waals surface area contributed by atoms with Crippen molar-refractivity contribution in [2.24, 2.45) is 5.73 Å². The monoisotopic (exact) mass is 194 g/mol. The van der Waals surface area contributed by atoms with Gasteiger partial charge in [-0.1, -0.05) is 18.2 Å². The molecule has 0 aliphatic carbocycles. The second-order valence-electron chi connectivity index (χ2n) is 3.23. The lowest BCUT2D eigenvalue weighted by molar-refractivity contribution is 0.404. The molecule has 0 aliphatic rings. The van der Waals surface area contributed by atoms with E-state index >= 15 is 0 Å². The quantitative estimate of drug-likeness (QED) is 0.689. The highest BCUT2D eigenvalue weighted by atomic mass is 16.5. The van der Waals surface area contributed by atoms with Gasteiger partial charge in [-0.3, -0.25) is 0 Å². The average molecular weight is 194 g/mol. The lowest BCUT2D eigenvalue weighted by Crippen LogP contribution is -2.22. The molecule has 0 aromatic heterocycles. The van der Waals surface area contributed by atoms with Crippen LogP contribution in [0.1, 0.15) is 11.1 Å². The van der Waals surface area contributed by atoms with E-state index in [1.807, 2.05) is 19.1 Å². The van der Waals surface area contributed by atoms with Crippen LogP contribution in [0.15, 0.2) is 18.2 Å². The third-order valence-corrected chi connectivity index (χ3v) is 2.13. The second kappa shape index (κ2) is 5.62. The zero-order valence-corrected chi connectivity index (χ0v) is 8.84. The Balaban J connectivity index is 2.70. The van der Waals surface area contributed by atoms with Crippen molar-refractivity contribution in [3.8, 4) is 5.75 Å². The Morgan fingerprint density at radius 1 is 1.43 bits per heavy atom. The number of para-hydroxylation sites is 1. The molecule has 1 aromatic carbocycles. The van der Waals surface area contributed by atoms with Crippen molar-refractivity contribution in [1.29, 1.82) is 0 Å². The Bertz CT molecular complexity index is 287. The van der Waals surface area contributed by atoms with E-state index in [9.17, 15) is 0 Å². The highest BCUT2D eigenvalue weighted by Gasteiger charge is 2.04. The Labute approximate surface area is 85.3 Å². The van der Waals surface area contributed by atoms with Gasteiger partial charge in [-0.05, 0) is 12.5 Å². The molecule has 0 aliphatic heterocycles. The fourth-order valence-electron chi connectivity index (χ4n) is 1.47. The minimum absolute atomic E-state index is 0.661. The molecule has 3 nitrogen and oxygen atoms in total. The molecule has 0 saturated heterocycles. The summed E-state index contributed by atoms with van der Waals surface area (Å²) in [5, 5.41) is 3.25. The van der Waals surface area contributed by atoms with Crippen molar-refractivity contribution in [2.75, 3.05) is 20.2 Å². The molecule has 0 radical (unpaired) electrons. The lowest BCUT2D eigenvalue weighted by Gasteiger charge is -2.11. The summed E-state index contributed by atoms with van der Waals surface area (Å²) < 4.78 is 5.34. The van der Waals surface area contributed by atoms with Crippen molar-refractivity contribution < 1.29 is 4.74 Å². The average Bonchev–Trinajstić information content (AvgIpc) is 2.18. The molecule has 3 heteroatoms. The number of nitrogens with one attached hydrogen (secondary N) is 1. The van der Waals surface area contributed by atoms with Crippen LogP contribution in [0.4, 0.5) is 0 Å². The maximum atomic E-state index is 5.40. The molecule has 1 aromatic rings. The number of benzene rings is 1. The fraction of sp³-hybridized carbons (Fsp3) is 0.455. The lowest BCUT2D eigenvalue weighted by atomic mass is 10.1. The summed E-state index contributed by atoms with van der Waals surface area (Å²) in [6.07, 6.45) is 0. The van der Waals surface area contributed by atoms with Crippen LogP contribution in [0.25, 0.3) is 0 Å². The minimum atomic E-state index is 0.661. The van der Waals surface area contributed by atoms with E-state index in [4.69, 9.17) is 10.5 Å². The van der Waals surface area contributed by atoms with Gasteiger partial charge in [0.2, 0.25) is 0 Å². The summed E-state index contributed by atoms with van der Waals surface area (Å²) in [5.74, 6) is 0.969. The Morgan fingerprint density at radius 2 is 2.21 bits per heavy atom. The number of nitrogens with two attached hydrogens (primary N) is 1. The maximum Gasteiger partial charge on any atom is 0.126 e. The van der Waals surface area contributed by atoms with Gasteiger partial charge in [0.05, 0.1) is 7.11 Å². The third-order valence-electron chi connectivity index (χ3n) is 2.13. The van der Waals surface area contributed by atoms with Gasteiger partial charge in [0, 0.05) is 25.2 Å². The highest BCUT2D eigenvalue weighted by molar-refractivity contribution is 5.40. The molecule has 0 spiro atoms. The highest BCUT2D eigenvalue weighted by Crippen LogP contribution is 2.22.